The van der Waals surface area contributed by atoms with Crippen LogP contribution in [0.15, 0.2) is 30.5 Å². The summed E-state index contributed by atoms with van der Waals surface area (Å²) >= 11 is 0. The van der Waals surface area contributed by atoms with E-state index in [1.54, 1.807) is 0 Å². The highest BCUT2D eigenvalue weighted by Gasteiger charge is 2.13. The first-order chi connectivity index (χ1) is 6.38. The lowest BCUT2D eigenvalue weighted by Crippen LogP contribution is -2.03. The van der Waals surface area contributed by atoms with Crippen molar-refractivity contribution in [2.45, 2.75) is 32.1 Å². The van der Waals surface area contributed by atoms with E-state index in [1.807, 2.05) is 12.3 Å². The van der Waals surface area contributed by atoms with Gasteiger partial charge < -0.3 is 0 Å². The Bertz CT molecular complexity index is 315. The highest BCUT2D eigenvalue weighted by Crippen LogP contribution is 2.27. The molecule has 1 aliphatic rings. The topological polar surface area (TPSA) is 12.9 Å². The smallest absolute Gasteiger partial charge is 0.0501 e. The molecule has 1 aromatic rings. The number of hydrogen-bond donors (Lipinski definition) is 0. The maximum absolute atomic E-state index is 4.45. The Labute approximate surface area is 79.5 Å². The van der Waals surface area contributed by atoms with Crippen LogP contribution in [-0.2, 0) is 0 Å². The van der Waals surface area contributed by atoms with Crippen LogP contribution in [0, 0.1) is 6.92 Å². The van der Waals surface area contributed by atoms with Crippen LogP contribution < -0.4 is 0 Å². The number of rotatable bonds is 1. The van der Waals surface area contributed by atoms with Crippen molar-refractivity contribution in [2.75, 3.05) is 0 Å². The van der Waals surface area contributed by atoms with Gasteiger partial charge in [-0.05, 0) is 37.8 Å². The Morgan fingerprint density at radius 2 is 2.38 bits per heavy atom. The van der Waals surface area contributed by atoms with Gasteiger partial charge in [0.05, 0.1) is 5.69 Å². The minimum atomic E-state index is 0.565. The molecule has 13 heavy (non-hydrogen) atoms. The summed E-state index contributed by atoms with van der Waals surface area (Å²) in [6, 6.07) is 4.15. The van der Waals surface area contributed by atoms with Gasteiger partial charge in [0.25, 0.3) is 0 Å². The van der Waals surface area contributed by atoms with E-state index in [0.717, 1.165) is 0 Å². The molecule has 1 heterocycles. The van der Waals surface area contributed by atoms with E-state index in [0.29, 0.717) is 5.92 Å². The first kappa shape index (κ1) is 8.49. The molecule has 0 radical (unpaired) electrons. The van der Waals surface area contributed by atoms with Gasteiger partial charge in [-0.15, -0.1) is 0 Å². The Hall–Kier alpha value is -1.11. The molecule has 0 fully saturated rings. The van der Waals surface area contributed by atoms with Crippen molar-refractivity contribution >= 4 is 0 Å². The first-order valence-corrected chi connectivity index (χ1v) is 4.96. The van der Waals surface area contributed by atoms with Crippen LogP contribution in [0.25, 0.3) is 0 Å². The van der Waals surface area contributed by atoms with Crippen LogP contribution in [0.2, 0.25) is 0 Å². The number of pyridine rings is 1. The van der Waals surface area contributed by atoms with Crippen molar-refractivity contribution in [3.8, 4) is 0 Å². The van der Waals surface area contributed by atoms with Gasteiger partial charge in [0.15, 0.2) is 0 Å². The summed E-state index contributed by atoms with van der Waals surface area (Å²) in [5, 5.41) is 0. The molecule has 1 aromatic heterocycles. The molecular formula is C12H15N. The van der Waals surface area contributed by atoms with Gasteiger partial charge in [0, 0.05) is 12.1 Å². The molecular weight excluding hydrogens is 158 g/mol. The largest absolute Gasteiger partial charge is 0.260 e. The van der Waals surface area contributed by atoms with Crippen molar-refractivity contribution in [1.82, 2.24) is 4.98 Å². The lowest BCUT2D eigenvalue weighted by molar-refractivity contribution is 0.638. The molecule has 0 bridgehead atoms. The molecule has 0 saturated carbocycles. The molecule has 0 aliphatic heterocycles. The van der Waals surface area contributed by atoms with Gasteiger partial charge >= 0.3 is 0 Å². The molecule has 1 aliphatic carbocycles. The zero-order chi connectivity index (χ0) is 9.10. The molecule has 0 spiro atoms. The van der Waals surface area contributed by atoms with E-state index < -0.39 is 0 Å². The minimum Gasteiger partial charge on any atom is -0.260 e. The average molecular weight is 173 g/mol. The standard InChI is InChI=1S/C12H15N/c1-10-6-5-9-13-12(10)11-7-3-2-4-8-11/h3,5-7,9,11H,2,4,8H2,1H3. The van der Waals surface area contributed by atoms with E-state index in [-0.39, 0.29) is 0 Å². The summed E-state index contributed by atoms with van der Waals surface area (Å²) in [6.45, 7) is 2.14. The molecule has 0 aromatic carbocycles. The fraction of sp³-hybridized carbons (Fsp3) is 0.417. The number of hydrogen-bond acceptors (Lipinski definition) is 1. The third-order valence-corrected chi connectivity index (χ3v) is 2.66. The van der Waals surface area contributed by atoms with Crippen molar-refractivity contribution in [3.63, 3.8) is 0 Å². The highest BCUT2D eigenvalue weighted by molar-refractivity contribution is 5.25. The van der Waals surface area contributed by atoms with Crippen molar-refractivity contribution in [2.24, 2.45) is 0 Å². The van der Waals surface area contributed by atoms with E-state index in [2.05, 4.69) is 30.1 Å². The summed E-state index contributed by atoms with van der Waals surface area (Å²) in [6.07, 6.45) is 10.3. The second-order valence-electron chi connectivity index (χ2n) is 3.67. The summed E-state index contributed by atoms with van der Waals surface area (Å²) in [4.78, 5) is 4.45. The fourth-order valence-electron chi connectivity index (χ4n) is 1.93. The monoisotopic (exact) mass is 173 g/mol. The molecule has 0 amide bonds. The summed E-state index contributed by atoms with van der Waals surface area (Å²) in [5.74, 6) is 0.565. The van der Waals surface area contributed by atoms with E-state index >= 15 is 0 Å². The number of nitrogens with zero attached hydrogens (tertiary/aromatic N) is 1. The normalized spacial score (nSPS) is 21.8. The van der Waals surface area contributed by atoms with Gasteiger partial charge in [0.2, 0.25) is 0 Å². The Kier molecular flexibility index (Phi) is 2.44. The van der Waals surface area contributed by atoms with Gasteiger partial charge in [-0.1, -0.05) is 18.2 Å². The molecule has 2 rings (SSSR count). The predicted octanol–water partition coefficient (Wildman–Crippen LogP) is 3.21. The third-order valence-electron chi connectivity index (χ3n) is 2.66. The Morgan fingerprint density at radius 3 is 3.08 bits per heavy atom. The fourth-order valence-corrected chi connectivity index (χ4v) is 1.93. The van der Waals surface area contributed by atoms with Crippen LogP contribution in [0.1, 0.15) is 36.4 Å². The molecule has 1 nitrogen and oxygen atoms in total. The van der Waals surface area contributed by atoms with Crippen LogP contribution in [0.3, 0.4) is 0 Å². The molecule has 1 unspecified atom stereocenters. The van der Waals surface area contributed by atoms with Crippen molar-refractivity contribution in [1.29, 1.82) is 0 Å². The summed E-state index contributed by atoms with van der Waals surface area (Å²) in [5.41, 5.74) is 2.58. The predicted molar refractivity (Wildman–Crippen MR) is 54.7 cm³/mol. The summed E-state index contributed by atoms with van der Waals surface area (Å²) < 4.78 is 0. The number of aromatic nitrogens is 1. The lowest BCUT2D eigenvalue weighted by Gasteiger charge is -2.17. The van der Waals surface area contributed by atoms with Crippen molar-refractivity contribution in [3.05, 3.63) is 41.7 Å². The zero-order valence-electron chi connectivity index (χ0n) is 8.03. The maximum Gasteiger partial charge on any atom is 0.0501 e. The van der Waals surface area contributed by atoms with Crippen LogP contribution in [0.4, 0.5) is 0 Å². The lowest BCUT2D eigenvalue weighted by atomic mass is 9.91. The first-order valence-electron chi connectivity index (χ1n) is 4.96. The molecule has 0 N–H and O–H groups in total. The van der Waals surface area contributed by atoms with Crippen molar-refractivity contribution < 1.29 is 0 Å². The quantitative estimate of drug-likeness (QED) is 0.594. The maximum atomic E-state index is 4.45. The van der Waals surface area contributed by atoms with Gasteiger partial charge in [-0.25, -0.2) is 0 Å². The SMILES string of the molecule is Cc1cccnc1C1C=CCCC1. The van der Waals surface area contributed by atoms with Crippen LogP contribution in [0.5, 0.6) is 0 Å². The van der Waals surface area contributed by atoms with Crippen LogP contribution in [-0.4, -0.2) is 4.98 Å². The zero-order valence-corrected chi connectivity index (χ0v) is 8.03. The summed E-state index contributed by atoms with van der Waals surface area (Å²) in [7, 11) is 0. The van der Waals surface area contributed by atoms with Gasteiger partial charge in [-0.2, -0.15) is 0 Å². The third kappa shape index (κ3) is 1.80. The molecule has 1 atom stereocenters. The number of aryl methyl sites for hydroxylation is 1. The second kappa shape index (κ2) is 3.73. The minimum absolute atomic E-state index is 0.565. The second-order valence-corrected chi connectivity index (χ2v) is 3.67. The molecule has 0 saturated heterocycles. The number of allylic oxidation sites excluding steroid dienone is 2. The Morgan fingerprint density at radius 1 is 1.46 bits per heavy atom. The van der Waals surface area contributed by atoms with E-state index in [9.17, 15) is 0 Å². The highest BCUT2D eigenvalue weighted by atomic mass is 14.7. The van der Waals surface area contributed by atoms with E-state index in [4.69, 9.17) is 0 Å². The molecule has 1 heteroatoms. The van der Waals surface area contributed by atoms with Gasteiger partial charge in [0.1, 0.15) is 0 Å². The Balaban J connectivity index is 2.29. The molecule has 68 valence electrons. The van der Waals surface area contributed by atoms with Crippen LogP contribution >= 0.6 is 0 Å². The average Bonchev–Trinajstić information content (AvgIpc) is 2.20. The van der Waals surface area contributed by atoms with Gasteiger partial charge in [-0.3, -0.25) is 4.98 Å². The van der Waals surface area contributed by atoms with E-state index in [1.165, 1.54) is 30.5 Å².